The molecule has 0 radical (unpaired) electrons. The van der Waals surface area contributed by atoms with E-state index in [9.17, 15) is 21.6 Å². The van der Waals surface area contributed by atoms with Crippen LogP contribution in [0.15, 0.2) is 18.2 Å². The maximum absolute atomic E-state index is 12.2. The lowest BCUT2D eigenvalue weighted by Gasteiger charge is -2.17. The molecule has 0 heterocycles. The van der Waals surface area contributed by atoms with Crippen LogP contribution in [0, 0.1) is 0 Å². The van der Waals surface area contributed by atoms with Crippen LogP contribution in [-0.4, -0.2) is 34.1 Å². The number of hydrogen-bond acceptors (Lipinski definition) is 4. The average Bonchev–Trinajstić information content (AvgIpc) is 2.43. The third-order valence-electron chi connectivity index (χ3n) is 2.82. The number of hydrogen-bond donors (Lipinski definition) is 1. The van der Waals surface area contributed by atoms with Crippen LogP contribution < -0.4 is 14.2 Å². The van der Waals surface area contributed by atoms with E-state index in [1.165, 1.54) is 32.2 Å². The molecule has 0 saturated heterocycles. The number of methoxy groups -OCH3 is 1. The molecule has 0 fully saturated rings. The van der Waals surface area contributed by atoms with E-state index in [1.54, 1.807) is 6.92 Å². The molecule has 9 heteroatoms. The lowest BCUT2D eigenvalue weighted by atomic mass is 10.1. The molecule has 1 aromatic rings. The fourth-order valence-electron chi connectivity index (χ4n) is 1.65. The van der Waals surface area contributed by atoms with Gasteiger partial charge >= 0.3 is 6.18 Å². The minimum Gasteiger partial charge on any atom is -0.493 e. The fraction of sp³-hybridized carbons (Fsp3) is 0.538. The SMILES string of the molecule is CCS(=O)(=O)N[C@H](C)c1ccc(OCC(F)(F)F)c(OC)c1. The van der Waals surface area contributed by atoms with Gasteiger partial charge in [0, 0.05) is 6.04 Å². The number of alkyl halides is 3. The van der Waals surface area contributed by atoms with Crippen LogP contribution in [0.25, 0.3) is 0 Å². The molecule has 0 saturated carbocycles. The predicted octanol–water partition coefficient (Wildman–Crippen LogP) is 2.64. The van der Waals surface area contributed by atoms with Crippen LogP contribution in [0.3, 0.4) is 0 Å². The molecule has 126 valence electrons. The zero-order valence-electron chi connectivity index (χ0n) is 12.4. The van der Waals surface area contributed by atoms with E-state index in [0.717, 1.165) is 0 Å². The van der Waals surface area contributed by atoms with Crippen molar-refractivity contribution in [2.45, 2.75) is 26.1 Å². The lowest BCUT2D eigenvalue weighted by Crippen LogP contribution is -2.28. The first-order valence-electron chi connectivity index (χ1n) is 6.45. The summed E-state index contributed by atoms with van der Waals surface area (Å²) in [5, 5.41) is 0. The van der Waals surface area contributed by atoms with Crippen LogP contribution in [0.1, 0.15) is 25.5 Å². The monoisotopic (exact) mass is 341 g/mol. The summed E-state index contributed by atoms with van der Waals surface area (Å²) in [4.78, 5) is 0. The van der Waals surface area contributed by atoms with Gasteiger partial charge < -0.3 is 9.47 Å². The van der Waals surface area contributed by atoms with Crippen LogP contribution >= 0.6 is 0 Å². The Bertz CT molecular complexity index is 602. The maximum atomic E-state index is 12.2. The van der Waals surface area contributed by atoms with Gasteiger partial charge in [-0.1, -0.05) is 6.07 Å². The Kier molecular flexibility index (Phi) is 6.07. The van der Waals surface area contributed by atoms with Gasteiger partial charge in [-0.25, -0.2) is 13.1 Å². The highest BCUT2D eigenvalue weighted by molar-refractivity contribution is 7.89. The van der Waals surface area contributed by atoms with Crippen molar-refractivity contribution in [3.8, 4) is 11.5 Å². The first-order valence-corrected chi connectivity index (χ1v) is 8.10. The van der Waals surface area contributed by atoms with Crippen molar-refractivity contribution in [1.82, 2.24) is 4.72 Å². The summed E-state index contributed by atoms with van der Waals surface area (Å²) < 4.78 is 71.6. The summed E-state index contributed by atoms with van der Waals surface area (Å²) >= 11 is 0. The van der Waals surface area contributed by atoms with Crippen LogP contribution in [0.4, 0.5) is 13.2 Å². The van der Waals surface area contributed by atoms with Gasteiger partial charge in [0.05, 0.1) is 12.9 Å². The van der Waals surface area contributed by atoms with Crippen LogP contribution in [0.2, 0.25) is 0 Å². The van der Waals surface area contributed by atoms with E-state index in [1.807, 2.05) is 0 Å². The predicted molar refractivity (Wildman–Crippen MR) is 75.6 cm³/mol. The van der Waals surface area contributed by atoms with E-state index in [4.69, 9.17) is 4.74 Å². The van der Waals surface area contributed by atoms with E-state index in [-0.39, 0.29) is 17.3 Å². The largest absolute Gasteiger partial charge is 0.493 e. The Labute approximate surface area is 127 Å². The molecule has 0 aromatic heterocycles. The third kappa shape index (κ3) is 5.72. The topological polar surface area (TPSA) is 64.6 Å². The first-order chi connectivity index (χ1) is 10.1. The minimum atomic E-state index is -4.45. The third-order valence-corrected chi connectivity index (χ3v) is 4.29. The van der Waals surface area contributed by atoms with Gasteiger partial charge in [0.25, 0.3) is 0 Å². The standard InChI is InChI=1S/C13H18F3NO4S/c1-4-22(18,19)17-9(2)10-5-6-11(12(7-10)20-3)21-8-13(14,15)16/h5-7,9,17H,4,8H2,1-3H3/t9-/m1/s1. The number of ether oxygens (including phenoxy) is 2. The fourth-order valence-corrected chi connectivity index (χ4v) is 2.49. The molecule has 0 unspecified atom stereocenters. The average molecular weight is 341 g/mol. The molecule has 0 aliphatic heterocycles. The summed E-state index contributed by atoms with van der Waals surface area (Å²) in [5.41, 5.74) is 0.549. The molecule has 5 nitrogen and oxygen atoms in total. The van der Waals surface area contributed by atoms with Crippen molar-refractivity contribution >= 4 is 10.0 Å². The highest BCUT2D eigenvalue weighted by Crippen LogP contribution is 2.31. The number of nitrogens with one attached hydrogen (secondary N) is 1. The van der Waals surface area contributed by atoms with E-state index < -0.39 is 28.8 Å². The summed E-state index contributed by atoms with van der Waals surface area (Å²) in [6, 6.07) is 3.69. The molecular formula is C13H18F3NO4S. The normalized spacial score (nSPS) is 13.7. The van der Waals surface area contributed by atoms with E-state index >= 15 is 0 Å². The maximum Gasteiger partial charge on any atom is 0.422 e. The van der Waals surface area contributed by atoms with Crippen molar-refractivity contribution in [2.75, 3.05) is 19.5 Å². The van der Waals surface area contributed by atoms with Gasteiger partial charge in [0.1, 0.15) is 0 Å². The smallest absolute Gasteiger partial charge is 0.422 e. The van der Waals surface area contributed by atoms with Crippen LogP contribution in [-0.2, 0) is 10.0 Å². The zero-order valence-corrected chi connectivity index (χ0v) is 13.2. The van der Waals surface area contributed by atoms with Gasteiger partial charge in [0.15, 0.2) is 18.1 Å². The van der Waals surface area contributed by atoms with Crippen molar-refractivity contribution in [1.29, 1.82) is 0 Å². The number of sulfonamides is 1. The number of halogens is 3. The van der Waals surface area contributed by atoms with Crippen LogP contribution in [0.5, 0.6) is 11.5 Å². The van der Waals surface area contributed by atoms with Gasteiger partial charge in [-0.15, -0.1) is 0 Å². The van der Waals surface area contributed by atoms with E-state index in [0.29, 0.717) is 5.56 Å². The Morgan fingerprint density at radius 3 is 2.41 bits per heavy atom. The molecule has 1 rings (SSSR count). The molecule has 0 aliphatic rings. The molecule has 0 amide bonds. The van der Waals surface area contributed by atoms with Crippen molar-refractivity contribution in [3.05, 3.63) is 23.8 Å². The molecule has 1 N–H and O–H groups in total. The Morgan fingerprint density at radius 2 is 1.91 bits per heavy atom. The van der Waals surface area contributed by atoms with Crippen molar-refractivity contribution < 1.29 is 31.1 Å². The highest BCUT2D eigenvalue weighted by atomic mass is 32.2. The molecule has 22 heavy (non-hydrogen) atoms. The second-order valence-electron chi connectivity index (χ2n) is 4.56. The molecule has 1 aromatic carbocycles. The Morgan fingerprint density at radius 1 is 1.27 bits per heavy atom. The lowest BCUT2D eigenvalue weighted by molar-refractivity contribution is -0.153. The second kappa shape index (κ2) is 7.19. The highest BCUT2D eigenvalue weighted by Gasteiger charge is 2.29. The van der Waals surface area contributed by atoms with Gasteiger partial charge in [-0.05, 0) is 31.5 Å². The van der Waals surface area contributed by atoms with Crippen molar-refractivity contribution in [3.63, 3.8) is 0 Å². The molecule has 1 atom stereocenters. The molecule has 0 aliphatic carbocycles. The quantitative estimate of drug-likeness (QED) is 0.828. The van der Waals surface area contributed by atoms with Gasteiger partial charge in [0.2, 0.25) is 10.0 Å². The summed E-state index contributed by atoms with van der Waals surface area (Å²) in [6.07, 6.45) is -4.45. The van der Waals surface area contributed by atoms with Gasteiger partial charge in [-0.3, -0.25) is 0 Å². The zero-order chi connectivity index (χ0) is 17.0. The number of benzene rings is 1. The summed E-state index contributed by atoms with van der Waals surface area (Å²) in [6.45, 7) is 1.70. The first kappa shape index (κ1) is 18.6. The summed E-state index contributed by atoms with van der Waals surface area (Å²) in [7, 11) is -2.10. The summed E-state index contributed by atoms with van der Waals surface area (Å²) in [5.74, 6) is -0.0280. The van der Waals surface area contributed by atoms with Gasteiger partial charge in [-0.2, -0.15) is 13.2 Å². The Balaban J connectivity index is 2.92. The molecule has 0 spiro atoms. The second-order valence-corrected chi connectivity index (χ2v) is 6.60. The minimum absolute atomic E-state index is 0.0610. The number of rotatable bonds is 7. The molecule has 0 bridgehead atoms. The molecular weight excluding hydrogens is 323 g/mol. The van der Waals surface area contributed by atoms with Crippen molar-refractivity contribution in [2.24, 2.45) is 0 Å². The van der Waals surface area contributed by atoms with E-state index in [2.05, 4.69) is 9.46 Å². The Hall–Kier alpha value is -1.48.